The quantitative estimate of drug-likeness (QED) is 0.819. The van der Waals surface area contributed by atoms with Gasteiger partial charge in [-0.1, -0.05) is 6.92 Å². The number of benzene rings is 1. The van der Waals surface area contributed by atoms with Crippen LogP contribution in [0.15, 0.2) is 18.2 Å². The highest BCUT2D eigenvalue weighted by Gasteiger charge is 2.23. The molecule has 0 radical (unpaired) electrons. The molecule has 1 fully saturated rings. The van der Waals surface area contributed by atoms with Crippen molar-refractivity contribution in [3.8, 4) is 11.5 Å². The van der Waals surface area contributed by atoms with E-state index in [0.29, 0.717) is 36.1 Å². The van der Waals surface area contributed by atoms with E-state index in [4.69, 9.17) is 15.2 Å². The Kier molecular flexibility index (Phi) is 6.71. The molecule has 1 aliphatic heterocycles. The molecular weight excluding hydrogens is 292 g/mol. The van der Waals surface area contributed by atoms with E-state index in [1.807, 2.05) is 17.0 Å². The van der Waals surface area contributed by atoms with Crippen LogP contribution in [-0.4, -0.2) is 44.2 Å². The molecule has 1 amide bonds. The van der Waals surface area contributed by atoms with Gasteiger partial charge in [-0.05, 0) is 56.3 Å². The first-order valence-corrected chi connectivity index (χ1v) is 8.46. The second kappa shape index (κ2) is 8.77. The molecule has 1 heterocycles. The Morgan fingerprint density at radius 3 is 2.91 bits per heavy atom. The van der Waals surface area contributed by atoms with Crippen LogP contribution >= 0.6 is 0 Å². The number of methoxy groups -OCH3 is 1. The average molecular weight is 320 g/mol. The van der Waals surface area contributed by atoms with Gasteiger partial charge in [-0.15, -0.1) is 0 Å². The molecule has 2 N–H and O–H groups in total. The van der Waals surface area contributed by atoms with Crippen molar-refractivity contribution < 1.29 is 14.3 Å². The SMILES string of the molecule is COc1ccc(OCCCN)c(C(=O)N2CCCC(C)CC2)c1. The Morgan fingerprint density at radius 2 is 2.17 bits per heavy atom. The van der Waals surface area contributed by atoms with Gasteiger partial charge in [-0.25, -0.2) is 0 Å². The first kappa shape index (κ1) is 17.6. The topological polar surface area (TPSA) is 64.8 Å². The molecule has 5 nitrogen and oxygen atoms in total. The lowest BCUT2D eigenvalue weighted by atomic mass is 10.0. The highest BCUT2D eigenvalue weighted by molar-refractivity contribution is 5.97. The third-order valence-corrected chi connectivity index (χ3v) is 4.33. The van der Waals surface area contributed by atoms with Crippen LogP contribution in [0.1, 0.15) is 43.0 Å². The molecule has 1 unspecified atom stereocenters. The van der Waals surface area contributed by atoms with Gasteiger partial charge in [0.15, 0.2) is 0 Å². The summed E-state index contributed by atoms with van der Waals surface area (Å²) in [5.41, 5.74) is 6.09. The van der Waals surface area contributed by atoms with Crippen LogP contribution in [-0.2, 0) is 0 Å². The minimum atomic E-state index is 0.0285. The van der Waals surface area contributed by atoms with Gasteiger partial charge in [-0.3, -0.25) is 4.79 Å². The maximum atomic E-state index is 12.9. The van der Waals surface area contributed by atoms with Gasteiger partial charge in [0, 0.05) is 13.1 Å². The lowest BCUT2D eigenvalue weighted by Crippen LogP contribution is -2.32. The number of carbonyl (C=O) groups excluding carboxylic acids is 1. The van der Waals surface area contributed by atoms with Crippen LogP contribution in [0, 0.1) is 5.92 Å². The summed E-state index contributed by atoms with van der Waals surface area (Å²) in [6, 6.07) is 5.40. The highest BCUT2D eigenvalue weighted by Crippen LogP contribution is 2.27. The molecular formula is C18H28N2O3. The molecule has 128 valence electrons. The van der Waals surface area contributed by atoms with E-state index in [-0.39, 0.29) is 5.91 Å². The maximum Gasteiger partial charge on any atom is 0.257 e. The van der Waals surface area contributed by atoms with Crippen LogP contribution < -0.4 is 15.2 Å². The van der Waals surface area contributed by atoms with Crippen molar-refractivity contribution in [2.45, 2.75) is 32.6 Å². The summed E-state index contributed by atoms with van der Waals surface area (Å²) >= 11 is 0. The lowest BCUT2D eigenvalue weighted by Gasteiger charge is -2.22. The molecule has 1 atom stereocenters. The number of hydrogen-bond acceptors (Lipinski definition) is 4. The summed E-state index contributed by atoms with van der Waals surface area (Å²) in [4.78, 5) is 14.9. The molecule has 0 saturated carbocycles. The highest BCUT2D eigenvalue weighted by atomic mass is 16.5. The summed E-state index contributed by atoms with van der Waals surface area (Å²) in [5.74, 6) is 1.99. The number of carbonyl (C=O) groups is 1. The van der Waals surface area contributed by atoms with Gasteiger partial charge in [0.25, 0.3) is 5.91 Å². The predicted molar refractivity (Wildman–Crippen MR) is 91.1 cm³/mol. The number of ether oxygens (including phenoxy) is 2. The van der Waals surface area contributed by atoms with Crippen molar-refractivity contribution in [2.24, 2.45) is 11.7 Å². The van der Waals surface area contributed by atoms with Crippen LogP contribution in [0.5, 0.6) is 11.5 Å². The fraction of sp³-hybridized carbons (Fsp3) is 0.611. The fourth-order valence-corrected chi connectivity index (χ4v) is 2.83. The summed E-state index contributed by atoms with van der Waals surface area (Å²) < 4.78 is 11.0. The van der Waals surface area contributed by atoms with E-state index in [0.717, 1.165) is 32.4 Å². The first-order valence-electron chi connectivity index (χ1n) is 8.46. The minimum Gasteiger partial charge on any atom is -0.497 e. The van der Waals surface area contributed by atoms with E-state index in [1.54, 1.807) is 13.2 Å². The van der Waals surface area contributed by atoms with E-state index < -0.39 is 0 Å². The number of likely N-dealkylation sites (tertiary alicyclic amines) is 1. The zero-order chi connectivity index (χ0) is 16.7. The molecule has 1 saturated heterocycles. The molecule has 1 aromatic carbocycles. The third kappa shape index (κ3) is 4.86. The van der Waals surface area contributed by atoms with Crippen molar-refractivity contribution in [1.29, 1.82) is 0 Å². The van der Waals surface area contributed by atoms with Gasteiger partial charge < -0.3 is 20.1 Å². The van der Waals surface area contributed by atoms with Crippen molar-refractivity contribution in [3.63, 3.8) is 0 Å². The number of amides is 1. The molecule has 0 bridgehead atoms. The standard InChI is InChI=1S/C18H28N2O3/c1-14-5-3-10-20(11-8-14)18(21)16-13-15(22-2)6-7-17(16)23-12-4-9-19/h6-7,13-14H,3-5,8-12,19H2,1-2H3. The Bertz CT molecular complexity index is 519. The van der Waals surface area contributed by atoms with Crippen molar-refractivity contribution in [1.82, 2.24) is 4.90 Å². The fourth-order valence-electron chi connectivity index (χ4n) is 2.83. The van der Waals surface area contributed by atoms with Crippen LogP contribution in [0.25, 0.3) is 0 Å². The second-order valence-corrected chi connectivity index (χ2v) is 6.18. The molecule has 5 heteroatoms. The normalized spacial score (nSPS) is 18.4. The smallest absolute Gasteiger partial charge is 0.257 e. The molecule has 0 spiro atoms. The molecule has 23 heavy (non-hydrogen) atoms. The Hall–Kier alpha value is -1.75. The summed E-state index contributed by atoms with van der Waals surface area (Å²) in [5, 5.41) is 0. The minimum absolute atomic E-state index is 0.0285. The third-order valence-electron chi connectivity index (χ3n) is 4.33. The van der Waals surface area contributed by atoms with Gasteiger partial charge in [0.05, 0.1) is 19.3 Å². The summed E-state index contributed by atoms with van der Waals surface area (Å²) in [6.07, 6.45) is 4.06. The number of rotatable bonds is 6. The summed E-state index contributed by atoms with van der Waals surface area (Å²) in [6.45, 7) is 4.95. The number of hydrogen-bond donors (Lipinski definition) is 1. The van der Waals surface area contributed by atoms with Gasteiger partial charge in [0.2, 0.25) is 0 Å². The van der Waals surface area contributed by atoms with Gasteiger partial charge in [-0.2, -0.15) is 0 Å². The van der Waals surface area contributed by atoms with Gasteiger partial charge in [0.1, 0.15) is 11.5 Å². The summed E-state index contributed by atoms with van der Waals surface area (Å²) in [7, 11) is 1.60. The monoisotopic (exact) mass is 320 g/mol. The van der Waals surface area contributed by atoms with Crippen LogP contribution in [0.3, 0.4) is 0 Å². The van der Waals surface area contributed by atoms with Crippen molar-refractivity contribution in [3.05, 3.63) is 23.8 Å². The van der Waals surface area contributed by atoms with E-state index in [9.17, 15) is 4.79 Å². The Labute approximate surface area is 138 Å². The van der Waals surface area contributed by atoms with Gasteiger partial charge >= 0.3 is 0 Å². The van der Waals surface area contributed by atoms with Crippen LogP contribution in [0.4, 0.5) is 0 Å². The molecule has 1 aliphatic rings. The zero-order valence-corrected chi connectivity index (χ0v) is 14.2. The molecule has 2 rings (SSSR count). The average Bonchev–Trinajstić information content (AvgIpc) is 2.79. The second-order valence-electron chi connectivity index (χ2n) is 6.18. The number of nitrogens with zero attached hydrogens (tertiary/aromatic N) is 1. The van der Waals surface area contributed by atoms with Crippen LogP contribution in [0.2, 0.25) is 0 Å². The molecule has 0 aliphatic carbocycles. The zero-order valence-electron chi connectivity index (χ0n) is 14.2. The maximum absolute atomic E-state index is 12.9. The first-order chi connectivity index (χ1) is 11.2. The van der Waals surface area contributed by atoms with E-state index >= 15 is 0 Å². The molecule has 0 aromatic heterocycles. The van der Waals surface area contributed by atoms with E-state index in [2.05, 4.69) is 6.92 Å². The Morgan fingerprint density at radius 1 is 1.35 bits per heavy atom. The largest absolute Gasteiger partial charge is 0.497 e. The van der Waals surface area contributed by atoms with Crippen molar-refractivity contribution >= 4 is 5.91 Å². The van der Waals surface area contributed by atoms with E-state index in [1.165, 1.54) is 6.42 Å². The predicted octanol–water partition coefficient (Wildman–Crippen LogP) is 2.69. The van der Waals surface area contributed by atoms with Crippen molar-refractivity contribution in [2.75, 3.05) is 33.4 Å². The molecule has 1 aromatic rings. The Balaban J connectivity index is 2.18. The number of nitrogens with two attached hydrogens (primary N) is 1. The lowest BCUT2D eigenvalue weighted by molar-refractivity contribution is 0.0755.